The molecule has 0 amide bonds. The summed E-state index contributed by atoms with van der Waals surface area (Å²) >= 11 is 0. The van der Waals surface area contributed by atoms with E-state index in [0.29, 0.717) is 13.2 Å². The van der Waals surface area contributed by atoms with Crippen LogP contribution in [0.2, 0.25) is 0 Å². The van der Waals surface area contributed by atoms with E-state index in [0.717, 1.165) is 53.8 Å². The molecule has 0 aliphatic rings. The fourth-order valence-electron chi connectivity index (χ4n) is 8.98. The lowest BCUT2D eigenvalue weighted by Gasteiger charge is -2.17. The largest absolute Gasteiger partial charge is 0.490 e. The van der Waals surface area contributed by atoms with Crippen molar-refractivity contribution in [1.82, 2.24) is 0 Å². The zero-order valence-corrected chi connectivity index (χ0v) is 42.2. The SMILES string of the molecule is CCCCCCCCCCCCc1cccc(-c2ccccc2)c1PCCCOc1ccccc1OCCCPc1c(CCCCCCCCCCCC)cccc1-c1ccccc1. The summed E-state index contributed by atoms with van der Waals surface area (Å²) < 4.78 is 12.9. The number of benzene rings is 5. The van der Waals surface area contributed by atoms with Gasteiger partial charge >= 0.3 is 0 Å². The molecule has 0 fully saturated rings. The van der Waals surface area contributed by atoms with Crippen molar-refractivity contribution in [2.75, 3.05) is 25.5 Å². The molecule has 0 aromatic heterocycles. The van der Waals surface area contributed by atoms with E-state index in [-0.39, 0.29) is 0 Å². The fraction of sp³-hybridized carbons (Fsp3) is 0.500. The lowest BCUT2D eigenvalue weighted by molar-refractivity contribution is 0.269. The topological polar surface area (TPSA) is 18.5 Å². The molecule has 0 radical (unpaired) electrons. The van der Waals surface area contributed by atoms with Crippen molar-refractivity contribution in [3.05, 3.63) is 132 Å². The van der Waals surface area contributed by atoms with Crippen molar-refractivity contribution in [2.24, 2.45) is 0 Å². The molecule has 64 heavy (non-hydrogen) atoms. The van der Waals surface area contributed by atoms with Gasteiger partial charge in [0, 0.05) is 0 Å². The first-order valence-corrected chi connectivity index (χ1v) is 28.4. The van der Waals surface area contributed by atoms with Gasteiger partial charge in [0.05, 0.1) is 13.2 Å². The lowest BCUT2D eigenvalue weighted by Crippen LogP contribution is -2.11. The standard InChI is InChI=1S/C60H84O2P2/c1-3-5-7-9-11-13-15-17-19-23-39-53-41-31-43-55(51-35-25-21-26-36-51)59(53)63-49-33-47-61-57-45-29-30-46-58(57)62-48-34-50-64-60-54(40-24-20-18-16-14-12-10-8-6-4-2)42-32-44-56(60)52-37-27-22-28-38-52/h21-22,25-32,35-38,41-46,63-64H,3-20,23-24,33-34,39-40,47-50H2,1-2H3. The Morgan fingerprint density at radius 3 is 1.05 bits per heavy atom. The van der Waals surface area contributed by atoms with Gasteiger partial charge in [0.15, 0.2) is 11.5 Å². The summed E-state index contributed by atoms with van der Waals surface area (Å²) in [6.07, 6.45) is 34.2. The molecule has 0 aliphatic carbocycles. The Balaban J connectivity index is 1.06. The first-order chi connectivity index (χ1) is 31.8. The van der Waals surface area contributed by atoms with Crippen molar-refractivity contribution in [1.29, 1.82) is 0 Å². The summed E-state index contributed by atoms with van der Waals surface area (Å²) in [7, 11) is 1.54. The minimum Gasteiger partial charge on any atom is -0.490 e. The maximum absolute atomic E-state index is 6.44. The van der Waals surface area contributed by atoms with Crippen molar-refractivity contribution in [2.45, 2.75) is 168 Å². The summed E-state index contributed by atoms with van der Waals surface area (Å²) in [6, 6.07) is 44.3. The summed E-state index contributed by atoms with van der Waals surface area (Å²) in [5.74, 6) is 1.74. The summed E-state index contributed by atoms with van der Waals surface area (Å²) in [5, 5.41) is 3.12. The van der Waals surface area contributed by atoms with Crippen LogP contribution in [0.3, 0.4) is 0 Å². The first-order valence-electron chi connectivity index (χ1n) is 26.0. The van der Waals surface area contributed by atoms with Crippen LogP contribution in [0.15, 0.2) is 121 Å². The van der Waals surface area contributed by atoms with Crippen LogP contribution in [0.1, 0.15) is 166 Å². The van der Waals surface area contributed by atoms with Crippen LogP contribution in [0.5, 0.6) is 11.5 Å². The Morgan fingerprint density at radius 2 is 0.672 bits per heavy atom. The molecule has 0 spiro atoms. The average Bonchev–Trinajstić information content (AvgIpc) is 3.34. The number of para-hydroxylation sites is 2. The van der Waals surface area contributed by atoms with Gasteiger partial charge in [-0.3, -0.25) is 0 Å². The molecule has 5 aromatic carbocycles. The van der Waals surface area contributed by atoms with Gasteiger partial charge in [-0.15, -0.1) is 0 Å². The normalized spacial score (nSPS) is 11.7. The van der Waals surface area contributed by atoms with Gasteiger partial charge in [-0.25, -0.2) is 0 Å². The molecular weight excluding hydrogens is 815 g/mol. The van der Waals surface area contributed by atoms with Crippen molar-refractivity contribution in [3.8, 4) is 33.8 Å². The van der Waals surface area contributed by atoms with E-state index in [9.17, 15) is 0 Å². The predicted molar refractivity (Wildman–Crippen MR) is 287 cm³/mol. The van der Waals surface area contributed by atoms with Crippen molar-refractivity contribution >= 4 is 27.8 Å². The minimum absolute atomic E-state index is 0.703. The zero-order valence-electron chi connectivity index (χ0n) is 40.2. The Hall–Kier alpha value is -3.44. The second-order valence-corrected chi connectivity index (χ2v) is 20.7. The molecule has 346 valence electrons. The third kappa shape index (κ3) is 19.6. The van der Waals surface area contributed by atoms with E-state index in [2.05, 4.69) is 135 Å². The van der Waals surface area contributed by atoms with E-state index < -0.39 is 0 Å². The van der Waals surface area contributed by atoms with Gasteiger partial charge in [0.1, 0.15) is 0 Å². The number of unbranched alkanes of at least 4 members (excludes halogenated alkanes) is 18. The van der Waals surface area contributed by atoms with E-state index in [1.54, 1.807) is 21.7 Å². The molecule has 0 saturated carbocycles. The zero-order chi connectivity index (χ0) is 44.5. The average molecular weight is 899 g/mol. The highest BCUT2D eigenvalue weighted by Crippen LogP contribution is 2.31. The fourth-order valence-corrected chi connectivity index (χ4v) is 11.8. The highest BCUT2D eigenvalue weighted by atomic mass is 31.1. The molecule has 4 heteroatoms. The summed E-state index contributed by atoms with van der Waals surface area (Å²) in [6.45, 7) is 6.01. The Morgan fingerprint density at radius 1 is 0.328 bits per heavy atom. The quantitative estimate of drug-likeness (QED) is 0.0295. The van der Waals surface area contributed by atoms with Gasteiger partial charge in [-0.1, -0.05) is 256 Å². The molecular formula is C60H84O2P2. The van der Waals surface area contributed by atoms with Gasteiger partial charge in [-0.05, 0) is 107 Å². The molecule has 2 unspecified atom stereocenters. The number of rotatable bonds is 36. The van der Waals surface area contributed by atoms with Gasteiger partial charge in [0.25, 0.3) is 0 Å². The van der Waals surface area contributed by atoms with Crippen LogP contribution in [0.4, 0.5) is 0 Å². The second-order valence-electron chi connectivity index (χ2n) is 18.0. The number of hydrogen-bond donors (Lipinski definition) is 0. The number of ether oxygens (including phenoxy) is 2. The smallest absolute Gasteiger partial charge is 0.161 e. The summed E-state index contributed by atoms with van der Waals surface area (Å²) in [4.78, 5) is 0. The Bertz CT molecular complexity index is 1790. The lowest BCUT2D eigenvalue weighted by atomic mass is 9.99. The molecule has 0 aliphatic heterocycles. The Labute approximate surface area is 395 Å². The molecule has 5 rings (SSSR count). The number of aryl methyl sites for hydroxylation is 2. The van der Waals surface area contributed by atoms with Crippen LogP contribution in [-0.2, 0) is 12.8 Å². The molecule has 5 aromatic rings. The molecule has 0 saturated heterocycles. The maximum atomic E-state index is 6.44. The second kappa shape index (κ2) is 33.1. The first kappa shape index (κ1) is 51.5. The van der Waals surface area contributed by atoms with Crippen molar-refractivity contribution < 1.29 is 9.47 Å². The van der Waals surface area contributed by atoms with Crippen LogP contribution in [0.25, 0.3) is 22.3 Å². The van der Waals surface area contributed by atoms with Crippen molar-refractivity contribution in [3.63, 3.8) is 0 Å². The summed E-state index contributed by atoms with van der Waals surface area (Å²) in [5.41, 5.74) is 8.60. The van der Waals surface area contributed by atoms with Gasteiger partial charge in [0.2, 0.25) is 0 Å². The van der Waals surface area contributed by atoms with Crippen LogP contribution < -0.4 is 20.1 Å². The molecule has 2 atom stereocenters. The Kier molecular flexibility index (Phi) is 26.7. The van der Waals surface area contributed by atoms with E-state index in [1.165, 1.54) is 164 Å². The third-order valence-electron chi connectivity index (χ3n) is 12.7. The van der Waals surface area contributed by atoms with Gasteiger partial charge < -0.3 is 9.47 Å². The van der Waals surface area contributed by atoms with E-state index >= 15 is 0 Å². The van der Waals surface area contributed by atoms with E-state index in [4.69, 9.17) is 9.47 Å². The van der Waals surface area contributed by atoms with E-state index in [1.807, 2.05) is 0 Å². The van der Waals surface area contributed by atoms with Crippen LogP contribution >= 0.6 is 17.2 Å². The highest BCUT2D eigenvalue weighted by molar-refractivity contribution is 7.48. The van der Waals surface area contributed by atoms with Crippen LogP contribution in [0, 0.1) is 0 Å². The predicted octanol–water partition coefficient (Wildman–Crippen LogP) is 17.5. The molecule has 0 heterocycles. The molecule has 0 N–H and O–H groups in total. The van der Waals surface area contributed by atoms with Crippen LogP contribution in [-0.4, -0.2) is 25.5 Å². The molecule has 0 bridgehead atoms. The molecule has 2 nitrogen and oxygen atoms in total. The number of hydrogen-bond acceptors (Lipinski definition) is 2. The van der Waals surface area contributed by atoms with Gasteiger partial charge in [-0.2, -0.15) is 0 Å². The minimum atomic E-state index is 0.703. The maximum Gasteiger partial charge on any atom is 0.161 e. The monoisotopic (exact) mass is 899 g/mol. The highest BCUT2D eigenvalue weighted by Gasteiger charge is 2.13. The third-order valence-corrected chi connectivity index (χ3v) is 15.8.